The van der Waals surface area contributed by atoms with Gasteiger partial charge in [0.1, 0.15) is 16.9 Å². The minimum absolute atomic E-state index is 0.129. The molecule has 0 aliphatic heterocycles. The number of carbonyl (C=O) groups excluding carboxylic acids is 2. The van der Waals surface area contributed by atoms with Crippen molar-refractivity contribution in [2.45, 2.75) is 19.4 Å². The molecule has 10 heteroatoms. The van der Waals surface area contributed by atoms with Crippen LogP contribution >= 0.6 is 0 Å². The summed E-state index contributed by atoms with van der Waals surface area (Å²) in [6, 6.07) is 10.7. The zero-order chi connectivity index (χ0) is 23.3. The van der Waals surface area contributed by atoms with Gasteiger partial charge in [0.2, 0.25) is 0 Å². The Morgan fingerprint density at radius 3 is 2.66 bits per heavy atom. The van der Waals surface area contributed by atoms with E-state index in [0.717, 1.165) is 0 Å². The SMILES string of the molecule is CCOC(=O)C[C@H](NC(=O)c1cc2cc(OC)ccc2oc1=O)c1cccc([N+](=O)[O-])c1. The van der Waals surface area contributed by atoms with E-state index in [-0.39, 0.29) is 29.9 Å². The predicted octanol–water partition coefficient (Wildman–Crippen LogP) is 3.13. The zero-order valence-electron chi connectivity index (χ0n) is 17.3. The van der Waals surface area contributed by atoms with E-state index in [1.54, 1.807) is 25.1 Å². The van der Waals surface area contributed by atoms with Gasteiger partial charge in [0, 0.05) is 17.5 Å². The fourth-order valence-corrected chi connectivity index (χ4v) is 3.12. The van der Waals surface area contributed by atoms with Crippen molar-refractivity contribution in [3.05, 3.63) is 80.2 Å². The lowest BCUT2D eigenvalue weighted by molar-refractivity contribution is -0.384. The highest BCUT2D eigenvalue weighted by Crippen LogP contribution is 2.24. The van der Waals surface area contributed by atoms with Crippen LogP contribution < -0.4 is 15.7 Å². The quantitative estimate of drug-likeness (QED) is 0.244. The number of fused-ring (bicyclic) bond motifs is 1. The largest absolute Gasteiger partial charge is 0.497 e. The van der Waals surface area contributed by atoms with E-state index in [1.165, 1.54) is 37.4 Å². The van der Waals surface area contributed by atoms with Crippen LogP contribution in [-0.2, 0) is 9.53 Å². The Morgan fingerprint density at radius 2 is 1.97 bits per heavy atom. The van der Waals surface area contributed by atoms with Gasteiger partial charge in [0.25, 0.3) is 11.6 Å². The summed E-state index contributed by atoms with van der Waals surface area (Å²) in [6.45, 7) is 1.76. The van der Waals surface area contributed by atoms with Gasteiger partial charge in [0.05, 0.1) is 31.1 Å². The summed E-state index contributed by atoms with van der Waals surface area (Å²) in [5.41, 5.74) is -0.774. The van der Waals surface area contributed by atoms with Gasteiger partial charge in [-0.25, -0.2) is 4.79 Å². The first-order valence-corrected chi connectivity index (χ1v) is 9.65. The molecule has 1 amide bonds. The lowest BCUT2D eigenvalue weighted by atomic mass is 10.0. The molecule has 1 aromatic heterocycles. The molecular formula is C22H20N2O8. The Hall–Kier alpha value is -4.21. The molecule has 0 saturated carbocycles. The third kappa shape index (κ3) is 5.09. The minimum atomic E-state index is -0.971. The van der Waals surface area contributed by atoms with Crippen molar-refractivity contribution in [2.24, 2.45) is 0 Å². The summed E-state index contributed by atoms with van der Waals surface area (Å²) in [7, 11) is 1.48. The van der Waals surface area contributed by atoms with E-state index >= 15 is 0 Å². The number of carbonyl (C=O) groups is 2. The molecule has 0 radical (unpaired) electrons. The number of rotatable bonds is 8. The van der Waals surface area contributed by atoms with E-state index < -0.39 is 28.5 Å². The summed E-state index contributed by atoms with van der Waals surface area (Å²) in [5.74, 6) is -0.904. The van der Waals surface area contributed by atoms with Crippen LogP contribution in [0.5, 0.6) is 5.75 Å². The van der Waals surface area contributed by atoms with Crippen molar-refractivity contribution in [1.82, 2.24) is 5.32 Å². The van der Waals surface area contributed by atoms with E-state index in [4.69, 9.17) is 13.9 Å². The summed E-state index contributed by atoms with van der Waals surface area (Å²) in [6.07, 6.45) is -0.284. The maximum atomic E-state index is 12.9. The van der Waals surface area contributed by atoms with Gasteiger partial charge in [-0.05, 0) is 36.8 Å². The molecule has 0 fully saturated rings. The number of amides is 1. The van der Waals surface area contributed by atoms with Gasteiger partial charge in [-0.15, -0.1) is 0 Å². The Labute approximate surface area is 181 Å². The first-order valence-electron chi connectivity index (χ1n) is 9.65. The molecule has 1 N–H and O–H groups in total. The van der Waals surface area contributed by atoms with Gasteiger partial charge in [-0.3, -0.25) is 19.7 Å². The second kappa shape index (κ2) is 9.73. The molecule has 2 aromatic carbocycles. The molecule has 0 bridgehead atoms. The van der Waals surface area contributed by atoms with Crippen molar-refractivity contribution < 1.29 is 28.4 Å². The summed E-state index contributed by atoms with van der Waals surface area (Å²) < 4.78 is 15.3. The monoisotopic (exact) mass is 440 g/mol. The maximum Gasteiger partial charge on any atom is 0.349 e. The Bertz CT molecular complexity index is 1230. The van der Waals surface area contributed by atoms with Crippen LogP contribution in [0.25, 0.3) is 11.0 Å². The number of nitrogens with zero attached hydrogens (tertiary/aromatic N) is 1. The second-order valence-electron chi connectivity index (χ2n) is 6.74. The lowest BCUT2D eigenvalue weighted by Gasteiger charge is -2.18. The molecule has 0 spiro atoms. The highest BCUT2D eigenvalue weighted by Gasteiger charge is 2.24. The first kappa shape index (κ1) is 22.5. The standard InChI is InChI=1S/C22H20N2O8/c1-3-31-20(25)12-18(13-5-4-6-15(9-13)24(28)29)23-21(26)17-11-14-10-16(30-2)7-8-19(14)32-22(17)27/h4-11,18H,3,12H2,1-2H3,(H,23,26)/t18-/m0/s1. The van der Waals surface area contributed by atoms with Crippen molar-refractivity contribution in [1.29, 1.82) is 0 Å². The van der Waals surface area contributed by atoms with E-state index in [2.05, 4.69) is 5.32 Å². The highest BCUT2D eigenvalue weighted by atomic mass is 16.6. The first-order chi connectivity index (χ1) is 15.3. The molecule has 10 nitrogen and oxygen atoms in total. The van der Waals surface area contributed by atoms with Crippen molar-refractivity contribution in [3.63, 3.8) is 0 Å². The molecule has 3 rings (SSSR count). The van der Waals surface area contributed by atoms with Crippen LogP contribution in [-0.4, -0.2) is 30.5 Å². The number of non-ortho nitro benzene ring substituents is 1. The number of nitro benzene ring substituents is 1. The molecule has 166 valence electrons. The van der Waals surface area contributed by atoms with Crippen LogP contribution in [0.2, 0.25) is 0 Å². The number of benzene rings is 2. The molecule has 3 aromatic rings. The number of ether oxygens (including phenoxy) is 2. The van der Waals surface area contributed by atoms with E-state index in [0.29, 0.717) is 16.7 Å². The molecular weight excluding hydrogens is 420 g/mol. The van der Waals surface area contributed by atoms with Crippen molar-refractivity contribution >= 4 is 28.5 Å². The predicted molar refractivity (Wildman–Crippen MR) is 114 cm³/mol. The Morgan fingerprint density at radius 1 is 1.19 bits per heavy atom. The number of hydrogen-bond acceptors (Lipinski definition) is 8. The molecule has 1 atom stereocenters. The van der Waals surface area contributed by atoms with Gasteiger partial charge in [-0.2, -0.15) is 0 Å². The Balaban J connectivity index is 1.96. The fourth-order valence-electron chi connectivity index (χ4n) is 3.12. The van der Waals surface area contributed by atoms with Crippen LogP contribution in [0.4, 0.5) is 5.69 Å². The van der Waals surface area contributed by atoms with Gasteiger partial charge < -0.3 is 19.2 Å². The maximum absolute atomic E-state index is 12.9. The topological polar surface area (TPSA) is 138 Å². The fraction of sp³-hybridized carbons (Fsp3) is 0.227. The number of esters is 1. The number of nitro groups is 1. The molecule has 0 saturated heterocycles. The third-order valence-electron chi connectivity index (χ3n) is 4.65. The van der Waals surface area contributed by atoms with Crippen molar-refractivity contribution in [3.8, 4) is 5.75 Å². The Kier molecular flexibility index (Phi) is 6.83. The zero-order valence-corrected chi connectivity index (χ0v) is 17.3. The van der Waals surface area contributed by atoms with Crippen molar-refractivity contribution in [2.75, 3.05) is 13.7 Å². The molecule has 32 heavy (non-hydrogen) atoms. The third-order valence-corrected chi connectivity index (χ3v) is 4.65. The number of hydrogen-bond donors (Lipinski definition) is 1. The van der Waals surface area contributed by atoms with E-state index in [1.807, 2.05) is 0 Å². The number of nitrogens with one attached hydrogen (secondary N) is 1. The molecule has 0 aliphatic carbocycles. The van der Waals surface area contributed by atoms with Gasteiger partial charge in [-0.1, -0.05) is 12.1 Å². The van der Waals surface area contributed by atoms with Crippen LogP contribution in [0.1, 0.15) is 35.3 Å². The average molecular weight is 440 g/mol. The van der Waals surface area contributed by atoms with Crippen LogP contribution in [0.3, 0.4) is 0 Å². The van der Waals surface area contributed by atoms with Gasteiger partial charge in [0.15, 0.2) is 0 Å². The minimum Gasteiger partial charge on any atom is -0.497 e. The summed E-state index contributed by atoms with van der Waals surface area (Å²) in [4.78, 5) is 47.9. The van der Waals surface area contributed by atoms with Gasteiger partial charge >= 0.3 is 11.6 Å². The molecule has 0 aliphatic rings. The highest BCUT2D eigenvalue weighted by molar-refractivity contribution is 5.97. The normalized spacial score (nSPS) is 11.6. The average Bonchev–Trinajstić information content (AvgIpc) is 2.78. The summed E-state index contributed by atoms with van der Waals surface area (Å²) >= 11 is 0. The summed E-state index contributed by atoms with van der Waals surface area (Å²) in [5, 5.41) is 14.2. The van der Waals surface area contributed by atoms with Crippen LogP contribution in [0, 0.1) is 10.1 Å². The smallest absolute Gasteiger partial charge is 0.349 e. The van der Waals surface area contributed by atoms with Crippen LogP contribution in [0.15, 0.2) is 57.7 Å². The lowest BCUT2D eigenvalue weighted by Crippen LogP contribution is -2.33. The molecule has 0 unspecified atom stereocenters. The second-order valence-corrected chi connectivity index (χ2v) is 6.74. The number of methoxy groups -OCH3 is 1. The van der Waals surface area contributed by atoms with E-state index in [9.17, 15) is 24.5 Å². The molecule has 1 heterocycles.